The summed E-state index contributed by atoms with van der Waals surface area (Å²) in [5.74, 6) is 0.369. The van der Waals surface area contributed by atoms with E-state index in [2.05, 4.69) is 32.2 Å². The molecule has 1 aliphatic heterocycles. The van der Waals surface area contributed by atoms with Gasteiger partial charge in [0.25, 0.3) is 0 Å². The summed E-state index contributed by atoms with van der Waals surface area (Å²) in [5, 5.41) is 12.7. The Hall–Kier alpha value is -1.55. The highest BCUT2D eigenvalue weighted by molar-refractivity contribution is 5.91. The van der Waals surface area contributed by atoms with Gasteiger partial charge in [-0.05, 0) is 48.6 Å². The number of urea groups is 1. The molecule has 1 aromatic carbocycles. The third-order valence-electron chi connectivity index (χ3n) is 5.36. The second-order valence-electron chi connectivity index (χ2n) is 7.12. The van der Waals surface area contributed by atoms with Crippen molar-refractivity contribution in [3.05, 3.63) is 29.3 Å². The highest BCUT2D eigenvalue weighted by atomic mass is 16.3. The molecule has 0 bridgehead atoms. The van der Waals surface area contributed by atoms with Crippen molar-refractivity contribution in [3.63, 3.8) is 0 Å². The first-order chi connectivity index (χ1) is 10.9. The quantitative estimate of drug-likeness (QED) is 0.877. The smallest absolute Gasteiger partial charge is 0.321 e. The Kier molecular flexibility index (Phi) is 5.69. The van der Waals surface area contributed by atoms with Crippen LogP contribution in [0.1, 0.15) is 57.1 Å². The molecule has 128 valence electrons. The summed E-state index contributed by atoms with van der Waals surface area (Å²) in [6.45, 7) is 10.1. The highest BCUT2D eigenvalue weighted by Crippen LogP contribution is 2.34. The molecule has 0 atom stereocenters. The van der Waals surface area contributed by atoms with Gasteiger partial charge in [0.15, 0.2) is 0 Å². The molecule has 4 heteroatoms. The first-order valence-electron chi connectivity index (χ1n) is 8.69. The van der Waals surface area contributed by atoms with Crippen molar-refractivity contribution in [2.24, 2.45) is 5.41 Å². The van der Waals surface area contributed by atoms with Crippen LogP contribution in [0, 0.1) is 12.3 Å². The van der Waals surface area contributed by atoms with E-state index >= 15 is 0 Å². The molecule has 2 N–H and O–H groups in total. The molecule has 4 nitrogen and oxygen atoms in total. The molecule has 0 radical (unpaired) electrons. The average molecular weight is 318 g/mol. The number of rotatable bonds is 4. The summed E-state index contributed by atoms with van der Waals surface area (Å²) < 4.78 is 0. The molecule has 0 saturated carbocycles. The monoisotopic (exact) mass is 318 g/mol. The van der Waals surface area contributed by atoms with Crippen LogP contribution in [-0.4, -0.2) is 35.7 Å². The van der Waals surface area contributed by atoms with Crippen molar-refractivity contribution in [1.29, 1.82) is 0 Å². The van der Waals surface area contributed by atoms with Gasteiger partial charge in [-0.25, -0.2) is 4.79 Å². The molecule has 1 fully saturated rings. The number of aryl methyl sites for hydroxylation is 1. The Labute approximate surface area is 139 Å². The molecule has 1 aromatic rings. The maximum atomic E-state index is 12.6. The minimum atomic E-state index is -0.0242. The Morgan fingerprint density at radius 3 is 2.52 bits per heavy atom. The first-order valence-corrected chi connectivity index (χ1v) is 8.69. The number of para-hydroxylation sites is 1. The number of hydrogen-bond donors (Lipinski definition) is 2. The van der Waals surface area contributed by atoms with Crippen LogP contribution in [0.4, 0.5) is 10.5 Å². The van der Waals surface area contributed by atoms with Crippen LogP contribution in [0.2, 0.25) is 0 Å². The number of likely N-dealkylation sites (tertiary alicyclic amines) is 1. The lowest BCUT2D eigenvalue weighted by Crippen LogP contribution is -2.46. The highest BCUT2D eigenvalue weighted by Gasteiger charge is 2.34. The molecule has 1 aliphatic rings. The number of anilines is 1. The van der Waals surface area contributed by atoms with Crippen LogP contribution in [0.3, 0.4) is 0 Å². The van der Waals surface area contributed by atoms with Crippen LogP contribution < -0.4 is 5.32 Å². The normalized spacial score (nSPS) is 17.4. The van der Waals surface area contributed by atoms with Crippen molar-refractivity contribution in [1.82, 2.24) is 4.90 Å². The number of piperidine rings is 1. The zero-order valence-corrected chi connectivity index (χ0v) is 14.9. The molecular formula is C19H30N2O2. The number of amides is 2. The second kappa shape index (κ2) is 7.35. The maximum Gasteiger partial charge on any atom is 0.321 e. The number of hydrogen-bond acceptors (Lipinski definition) is 2. The molecule has 2 amide bonds. The van der Waals surface area contributed by atoms with E-state index in [0.717, 1.165) is 30.5 Å². The summed E-state index contributed by atoms with van der Waals surface area (Å²) in [6.07, 6.45) is 2.71. The molecule has 2 rings (SSSR count). The lowest BCUT2D eigenvalue weighted by molar-refractivity contribution is 0.0542. The number of carbonyl (C=O) groups excluding carboxylic acids is 1. The van der Waals surface area contributed by atoms with Crippen molar-refractivity contribution in [2.75, 3.05) is 25.0 Å². The van der Waals surface area contributed by atoms with Gasteiger partial charge in [-0.15, -0.1) is 0 Å². The van der Waals surface area contributed by atoms with E-state index in [1.165, 1.54) is 5.56 Å². The fourth-order valence-electron chi connectivity index (χ4n) is 3.34. The molecular weight excluding hydrogens is 288 g/mol. The van der Waals surface area contributed by atoms with Gasteiger partial charge in [0.05, 0.1) is 0 Å². The number of aliphatic hydroxyl groups excluding tert-OH is 1. The number of nitrogens with one attached hydrogen (secondary N) is 1. The van der Waals surface area contributed by atoms with Gasteiger partial charge >= 0.3 is 6.03 Å². The van der Waals surface area contributed by atoms with Crippen LogP contribution in [-0.2, 0) is 0 Å². The summed E-state index contributed by atoms with van der Waals surface area (Å²) in [6, 6.07) is 6.13. The van der Waals surface area contributed by atoms with Gasteiger partial charge in [-0.1, -0.05) is 39.0 Å². The molecule has 1 heterocycles. The number of benzene rings is 1. The van der Waals surface area contributed by atoms with E-state index in [4.69, 9.17) is 0 Å². The molecule has 0 aliphatic carbocycles. The Morgan fingerprint density at radius 1 is 1.35 bits per heavy atom. The van der Waals surface area contributed by atoms with Crippen LogP contribution in [0.25, 0.3) is 0 Å². The standard InChI is InChI=1S/C19H30N2O2/c1-5-19(13-22)9-11-21(12-10-19)18(23)20-17-15(4)7-6-8-16(17)14(2)3/h6-8,14,22H,5,9-13H2,1-4H3,(H,20,23). The van der Waals surface area contributed by atoms with Crippen LogP contribution >= 0.6 is 0 Å². The van der Waals surface area contributed by atoms with Crippen molar-refractivity contribution >= 4 is 11.7 Å². The van der Waals surface area contributed by atoms with Gasteiger partial charge in [0.1, 0.15) is 0 Å². The van der Waals surface area contributed by atoms with E-state index in [1.54, 1.807) is 0 Å². The van der Waals surface area contributed by atoms with E-state index in [9.17, 15) is 9.90 Å². The summed E-state index contributed by atoms with van der Waals surface area (Å²) in [4.78, 5) is 14.5. The first kappa shape index (κ1) is 17.8. The van der Waals surface area contributed by atoms with Gasteiger partial charge in [-0.3, -0.25) is 0 Å². The fourth-order valence-corrected chi connectivity index (χ4v) is 3.34. The molecule has 23 heavy (non-hydrogen) atoms. The minimum absolute atomic E-state index is 0.00252. The maximum absolute atomic E-state index is 12.6. The predicted molar refractivity (Wildman–Crippen MR) is 94.9 cm³/mol. The Morgan fingerprint density at radius 2 is 2.00 bits per heavy atom. The van der Waals surface area contributed by atoms with E-state index < -0.39 is 0 Å². The minimum Gasteiger partial charge on any atom is -0.396 e. The van der Waals surface area contributed by atoms with Gasteiger partial charge in [-0.2, -0.15) is 0 Å². The van der Waals surface area contributed by atoms with E-state index in [0.29, 0.717) is 19.0 Å². The number of aliphatic hydroxyl groups is 1. The van der Waals surface area contributed by atoms with Crippen molar-refractivity contribution < 1.29 is 9.90 Å². The van der Waals surface area contributed by atoms with Gasteiger partial charge in [0.2, 0.25) is 0 Å². The lowest BCUT2D eigenvalue weighted by Gasteiger charge is -2.40. The molecule has 1 saturated heterocycles. The summed E-state index contributed by atoms with van der Waals surface area (Å²) in [7, 11) is 0. The SMILES string of the molecule is CCC1(CO)CCN(C(=O)Nc2c(C)cccc2C(C)C)CC1. The Balaban J connectivity index is 2.07. The number of carbonyl (C=O) groups is 1. The molecule has 0 aromatic heterocycles. The van der Waals surface area contributed by atoms with E-state index in [1.807, 2.05) is 24.0 Å². The number of nitrogens with zero attached hydrogens (tertiary/aromatic N) is 1. The second-order valence-corrected chi connectivity index (χ2v) is 7.12. The molecule has 0 unspecified atom stereocenters. The molecule has 0 spiro atoms. The third-order valence-corrected chi connectivity index (χ3v) is 5.36. The zero-order chi connectivity index (χ0) is 17.0. The van der Waals surface area contributed by atoms with Crippen LogP contribution in [0.5, 0.6) is 0 Å². The predicted octanol–water partition coefficient (Wildman–Crippen LogP) is 4.13. The zero-order valence-electron chi connectivity index (χ0n) is 14.9. The van der Waals surface area contributed by atoms with Gasteiger partial charge in [0, 0.05) is 25.4 Å². The van der Waals surface area contributed by atoms with Crippen molar-refractivity contribution in [3.8, 4) is 0 Å². The lowest BCUT2D eigenvalue weighted by atomic mass is 9.77. The Bertz CT molecular complexity index is 540. The summed E-state index contributed by atoms with van der Waals surface area (Å²) >= 11 is 0. The average Bonchev–Trinajstić information content (AvgIpc) is 2.56. The third kappa shape index (κ3) is 3.86. The van der Waals surface area contributed by atoms with Crippen molar-refractivity contribution in [2.45, 2.75) is 52.9 Å². The fraction of sp³-hybridized carbons (Fsp3) is 0.632. The van der Waals surface area contributed by atoms with E-state index in [-0.39, 0.29) is 18.1 Å². The largest absolute Gasteiger partial charge is 0.396 e. The summed E-state index contributed by atoms with van der Waals surface area (Å²) in [5.41, 5.74) is 3.22. The topological polar surface area (TPSA) is 52.6 Å². The van der Waals surface area contributed by atoms with Gasteiger partial charge < -0.3 is 15.3 Å². The van der Waals surface area contributed by atoms with Crippen LogP contribution in [0.15, 0.2) is 18.2 Å².